The first-order valence-corrected chi connectivity index (χ1v) is 14.0. The van der Waals surface area contributed by atoms with Gasteiger partial charge in [-0.25, -0.2) is 0 Å². The molecular formula is C30H39N5O6. The maximum absolute atomic E-state index is 13.3. The SMILES string of the molecule is CC(C)(C)CC(=O)N1CCN(c2ccc(C(=O)NC(CC(=O)O)c3cccnc3)cc2NC(=O)C2CCCO2)CC1. The van der Waals surface area contributed by atoms with E-state index in [2.05, 4.69) is 20.5 Å². The number of aromatic nitrogens is 1. The Morgan fingerprint density at radius 2 is 1.88 bits per heavy atom. The standard InChI is InChI=1S/C30H39N5O6/c1-30(2,3)18-26(36)35-13-11-34(12-14-35)24-9-8-20(16-23(24)33-29(40)25-7-5-15-41-25)28(39)32-22(17-27(37)38)21-6-4-10-31-19-21/h4,6,8-10,16,19,22,25H,5,7,11-15,17-18H2,1-3H3,(H,32,39)(H,33,40)(H,37,38). The highest BCUT2D eigenvalue weighted by atomic mass is 16.5. The highest BCUT2D eigenvalue weighted by Gasteiger charge is 2.29. The molecule has 3 N–H and O–H groups in total. The minimum Gasteiger partial charge on any atom is -0.481 e. The van der Waals surface area contributed by atoms with Gasteiger partial charge in [0.05, 0.1) is 23.8 Å². The van der Waals surface area contributed by atoms with Crippen molar-refractivity contribution in [2.45, 2.75) is 58.6 Å². The van der Waals surface area contributed by atoms with Crippen LogP contribution in [0.2, 0.25) is 0 Å². The third-order valence-corrected chi connectivity index (χ3v) is 7.16. The van der Waals surface area contributed by atoms with Gasteiger partial charge in [-0.3, -0.25) is 24.2 Å². The Labute approximate surface area is 240 Å². The molecule has 2 atom stereocenters. The number of rotatable bonds is 9. The molecule has 2 aromatic rings. The summed E-state index contributed by atoms with van der Waals surface area (Å²) in [6.07, 6.45) is 4.13. The molecular weight excluding hydrogens is 526 g/mol. The molecule has 2 aliphatic heterocycles. The number of ether oxygens (including phenoxy) is 1. The average molecular weight is 566 g/mol. The van der Waals surface area contributed by atoms with Crippen molar-refractivity contribution in [1.29, 1.82) is 0 Å². The Hall–Kier alpha value is -3.99. The van der Waals surface area contributed by atoms with Crippen LogP contribution >= 0.6 is 0 Å². The highest BCUT2D eigenvalue weighted by molar-refractivity contribution is 6.01. The number of anilines is 2. The van der Waals surface area contributed by atoms with Gasteiger partial charge in [-0.2, -0.15) is 0 Å². The molecule has 3 heterocycles. The smallest absolute Gasteiger partial charge is 0.305 e. The molecule has 41 heavy (non-hydrogen) atoms. The maximum atomic E-state index is 13.3. The highest BCUT2D eigenvalue weighted by Crippen LogP contribution is 2.30. The molecule has 1 aromatic carbocycles. The molecule has 11 nitrogen and oxygen atoms in total. The molecule has 11 heteroatoms. The Morgan fingerprint density at radius 1 is 1.12 bits per heavy atom. The van der Waals surface area contributed by atoms with Crippen molar-refractivity contribution < 1.29 is 29.0 Å². The largest absolute Gasteiger partial charge is 0.481 e. The fourth-order valence-electron chi connectivity index (χ4n) is 5.06. The van der Waals surface area contributed by atoms with Gasteiger partial charge in [-0.1, -0.05) is 26.8 Å². The summed E-state index contributed by atoms with van der Waals surface area (Å²) < 4.78 is 5.56. The summed E-state index contributed by atoms with van der Waals surface area (Å²) in [6, 6.07) is 7.66. The molecule has 4 rings (SSSR count). The van der Waals surface area contributed by atoms with Crippen molar-refractivity contribution in [3.8, 4) is 0 Å². The Bertz CT molecular complexity index is 1250. The van der Waals surface area contributed by atoms with Crippen LogP contribution in [-0.4, -0.2) is 77.6 Å². The Kier molecular flexibility index (Phi) is 9.59. The van der Waals surface area contributed by atoms with Crippen LogP contribution in [-0.2, 0) is 19.1 Å². The van der Waals surface area contributed by atoms with Crippen LogP contribution in [0.1, 0.15) is 68.4 Å². The van der Waals surface area contributed by atoms with Crippen molar-refractivity contribution in [3.63, 3.8) is 0 Å². The van der Waals surface area contributed by atoms with E-state index in [0.29, 0.717) is 56.9 Å². The number of nitrogens with one attached hydrogen (secondary N) is 2. The molecule has 2 fully saturated rings. The van der Waals surface area contributed by atoms with Gasteiger partial charge in [0.15, 0.2) is 0 Å². The summed E-state index contributed by atoms with van der Waals surface area (Å²) in [5.74, 6) is -1.68. The van der Waals surface area contributed by atoms with Gasteiger partial charge in [0, 0.05) is 57.2 Å². The molecule has 2 aliphatic rings. The van der Waals surface area contributed by atoms with Crippen molar-refractivity contribution in [2.24, 2.45) is 5.41 Å². The second kappa shape index (κ2) is 13.1. The lowest BCUT2D eigenvalue weighted by atomic mass is 9.91. The van der Waals surface area contributed by atoms with E-state index in [1.807, 2.05) is 25.7 Å². The average Bonchev–Trinajstić information content (AvgIpc) is 3.47. The minimum absolute atomic E-state index is 0.0924. The summed E-state index contributed by atoms with van der Waals surface area (Å²) in [5.41, 5.74) is 1.96. The number of nitrogens with zero attached hydrogens (tertiary/aromatic N) is 3. The molecule has 2 unspecified atom stereocenters. The number of hydrogen-bond acceptors (Lipinski definition) is 7. The van der Waals surface area contributed by atoms with Crippen LogP contribution in [0, 0.1) is 5.41 Å². The number of carboxylic acid groups (broad SMARTS) is 1. The van der Waals surface area contributed by atoms with E-state index in [1.54, 1.807) is 36.5 Å². The molecule has 0 bridgehead atoms. The Balaban J connectivity index is 1.54. The zero-order valence-electron chi connectivity index (χ0n) is 23.9. The van der Waals surface area contributed by atoms with Gasteiger partial charge in [-0.15, -0.1) is 0 Å². The van der Waals surface area contributed by atoms with Gasteiger partial charge < -0.3 is 30.3 Å². The monoisotopic (exact) mass is 565 g/mol. The van der Waals surface area contributed by atoms with Gasteiger partial charge in [0.25, 0.3) is 11.8 Å². The fraction of sp³-hybridized carbons (Fsp3) is 0.500. The van der Waals surface area contributed by atoms with Crippen LogP contribution in [0.5, 0.6) is 0 Å². The van der Waals surface area contributed by atoms with Crippen molar-refractivity contribution in [2.75, 3.05) is 43.0 Å². The summed E-state index contributed by atoms with van der Waals surface area (Å²) >= 11 is 0. The van der Waals surface area contributed by atoms with Crippen molar-refractivity contribution in [1.82, 2.24) is 15.2 Å². The summed E-state index contributed by atoms with van der Waals surface area (Å²) in [7, 11) is 0. The zero-order chi connectivity index (χ0) is 29.6. The first kappa shape index (κ1) is 30.0. The lowest BCUT2D eigenvalue weighted by Crippen LogP contribution is -2.49. The van der Waals surface area contributed by atoms with Gasteiger partial charge in [-0.05, 0) is 48.1 Å². The van der Waals surface area contributed by atoms with Gasteiger partial charge >= 0.3 is 5.97 Å². The number of aliphatic carboxylic acids is 1. The molecule has 3 amide bonds. The molecule has 2 saturated heterocycles. The quantitative estimate of drug-likeness (QED) is 0.421. The van der Waals surface area contributed by atoms with E-state index >= 15 is 0 Å². The molecule has 0 radical (unpaired) electrons. The van der Waals surface area contributed by atoms with E-state index in [0.717, 1.165) is 12.1 Å². The number of pyridine rings is 1. The van der Waals surface area contributed by atoms with Crippen molar-refractivity contribution in [3.05, 3.63) is 53.9 Å². The van der Waals surface area contributed by atoms with E-state index in [4.69, 9.17) is 4.74 Å². The number of amides is 3. The number of carbonyl (C=O) groups is 4. The van der Waals surface area contributed by atoms with E-state index in [-0.39, 0.29) is 29.2 Å². The normalized spacial score (nSPS) is 18.1. The number of hydrogen-bond donors (Lipinski definition) is 3. The second-order valence-corrected chi connectivity index (χ2v) is 11.7. The van der Waals surface area contributed by atoms with Crippen molar-refractivity contribution >= 4 is 35.1 Å². The van der Waals surface area contributed by atoms with E-state index < -0.39 is 24.0 Å². The lowest BCUT2D eigenvalue weighted by Gasteiger charge is -2.38. The van der Waals surface area contributed by atoms with Gasteiger partial charge in [0.2, 0.25) is 5.91 Å². The molecule has 0 spiro atoms. The predicted octanol–water partition coefficient (Wildman–Crippen LogP) is 3.23. The first-order chi connectivity index (χ1) is 19.5. The summed E-state index contributed by atoms with van der Waals surface area (Å²) in [4.78, 5) is 58.6. The molecule has 1 aromatic heterocycles. The lowest BCUT2D eigenvalue weighted by molar-refractivity contribution is -0.137. The first-order valence-electron chi connectivity index (χ1n) is 14.0. The molecule has 220 valence electrons. The number of carboxylic acids is 1. The third-order valence-electron chi connectivity index (χ3n) is 7.16. The third kappa shape index (κ3) is 8.26. The number of piperazine rings is 1. The topological polar surface area (TPSA) is 141 Å². The van der Waals surface area contributed by atoms with Crippen LogP contribution in [0.15, 0.2) is 42.7 Å². The molecule has 0 saturated carbocycles. The number of carbonyl (C=O) groups excluding carboxylic acids is 3. The maximum Gasteiger partial charge on any atom is 0.305 e. The fourth-order valence-corrected chi connectivity index (χ4v) is 5.06. The predicted molar refractivity (Wildman–Crippen MR) is 154 cm³/mol. The van der Waals surface area contributed by atoms with Gasteiger partial charge in [0.1, 0.15) is 6.10 Å². The summed E-state index contributed by atoms with van der Waals surface area (Å²) in [5, 5.41) is 15.2. The number of benzene rings is 1. The van der Waals surface area contributed by atoms with Crippen LogP contribution in [0.3, 0.4) is 0 Å². The van der Waals surface area contributed by atoms with Crippen LogP contribution < -0.4 is 15.5 Å². The summed E-state index contributed by atoms with van der Waals surface area (Å²) in [6.45, 7) is 8.92. The Morgan fingerprint density at radius 3 is 2.49 bits per heavy atom. The van der Waals surface area contributed by atoms with Crippen LogP contribution in [0.4, 0.5) is 11.4 Å². The van der Waals surface area contributed by atoms with E-state index in [1.165, 1.54) is 6.20 Å². The van der Waals surface area contributed by atoms with E-state index in [9.17, 15) is 24.3 Å². The van der Waals surface area contributed by atoms with Crippen LogP contribution in [0.25, 0.3) is 0 Å². The minimum atomic E-state index is -1.06. The molecule has 0 aliphatic carbocycles. The second-order valence-electron chi connectivity index (χ2n) is 11.7. The zero-order valence-corrected chi connectivity index (χ0v) is 23.9.